The van der Waals surface area contributed by atoms with Gasteiger partial charge in [-0.1, -0.05) is 0 Å². The molecule has 0 amide bonds. The molecule has 1 fully saturated rings. The molecular weight excluding hydrogens is 423 g/mol. The minimum absolute atomic E-state index is 0.133. The third-order valence-electron chi connectivity index (χ3n) is 4.31. The topological polar surface area (TPSA) is 21.7 Å². The summed E-state index contributed by atoms with van der Waals surface area (Å²) < 4.78 is 155. The fourth-order valence-corrected chi connectivity index (χ4v) is 2.55. The lowest BCUT2D eigenvalue weighted by Crippen LogP contribution is -2.64. The van der Waals surface area contributed by atoms with Crippen LogP contribution in [-0.2, 0) is 9.47 Å². The third-order valence-corrected chi connectivity index (χ3v) is 4.31. The van der Waals surface area contributed by atoms with Crippen LogP contribution in [-0.4, -0.2) is 79.8 Å². The Morgan fingerprint density at radius 2 is 1.29 bits per heavy atom. The van der Waals surface area contributed by atoms with Crippen LogP contribution in [0.4, 0.5) is 48.3 Å². The lowest BCUT2D eigenvalue weighted by Gasteiger charge is -2.42. The van der Waals surface area contributed by atoms with E-state index in [2.05, 4.69) is 4.74 Å². The first-order valence-corrected chi connectivity index (χ1v) is 7.92. The van der Waals surface area contributed by atoms with E-state index in [4.69, 9.17) is 4.74 Å². The lowest BCUT2D eigenvalue weighted by atomic mass is 9.95. The van der Waals surface area contributed by atoms with E-state index in [9.17, 15) is 48.3 Å². The van der Waals surface area contributed by atoms with E-state index >= 15 is 0 Å². The Morgan fingerprint density at radius 1 is 0.821 bits per heavy atom. The van der Waals surface area contributed by atoms with Gasteiger partial charge in [-0.2, -0.15) is 26.3 Å². The number of hydrogen-bond acceptors (Lipinski definition) is 3. The van der Waals surface area contributed by atoms with Gasteiger partial charge in [0, 0.05) is 13.1 Å². The summed E-state index contributed by atoms with van der Waals surface area (Å²) in [6, 6.07) is 0. The van der Waals surface area contributed by atoms with Crippen LogP contribution in [0.3, 0.4) is 0 Å². The van der Waals surface area contributed by atoms with Gasteiger partial charge in [-0.25, -0.2) is 22.0 Å². The molecule has 0 N–H and O–H groups in total. The quantitative estimate of drug-likeness (QED) is 0.437. The Morgan fingerprint density at radius 3 is 1.68 bits per heavy atom. The number of nitrogens with zero attached hydrogens (tertiary/aromatic N) is 1. The van der Waals surface area contributed by atoms with E-state index in [0.29, 0.717) is 4.90 Å². The molecule has 0 saturated carbocycles. The van der Waals surface area contributed by atoms with Crippen molar-refractivity contribution >= 4 is 0 Å². The minimum Gasteiger partial charge on any atom is -0.379 e. The van der Waals surface area contributed by atoms with Gasteiger partial charge < -0.3 is 9.47 Å². The van der Waals surface area contributed by atoms with Crippen LogP contribution in [0, 0.1) is 0 Å². The van der Waals surface area contributed by atoms with Crippen molar-refractivity contribution < 1.29 is 57.8 Å². The number of halogens is 11. The summed E-state index contributed by atoms with van der Waals surface area (Å²) in [5.74, 6) is -5.34. The fraction of sp³-hybridized carbons (Fsp3) is 1.00. The van der Waals surface area contributed by atoms with Crippen LogP contribution in [0.15, 0.2) is 0 Å². The molecule has 0 aromatic heterocycles. The molecule has 1 rings (SSSR count). The van der Waals surface area contributed by atoms with Crippen molar-refractivity contribution in [3.05, 3.63) is 0 Å². The molecule has 1 heterocycles. The maximum absolute atomic E-state index is 14.8. The summed E-state index contributed by atoms with van der Waals surface area (Å²) in [5, 5.41) is 0. The Balaban J connectivity index is 3.09. The lowest BCUT2D eigenvalue weighted by molar-refractivity contribution is -0.324. The van der Waals surface area contributed by atoms with E-state index in [1.807, 2.05) is 0 Å². The van der Waals surface area contributed by atoms with Gasteiger partial charge in [0.25, 0.3) is 11.8 Å². The van der Waals surface area contributed by atoms with Crippen molar-refractivity contribution in [1.29, 1.82) is 0 Å². The number of rotatable bonds is 7. The highest BCUT2D eigenvalue weighted by Gasteiger charge is 2.68. The van der Waals surface area contributed by atoms with E-state index in [0.717, 1.165) is 0 Å². The van der Waals surface area contributed by atoms with E-state index < -0.39 is 61.7 Å². The molecule has 0 radical (unpaired) electrons. The second-order valence-electron chi connectivity index (χ2n) is 6.25. The Hall–Kier alpha value is -0.890. The highest BCUT2D eigenvalue weighted by molar-refractivity contribution is 5.01. The van der Waals surface area contributed by atoms with Gasteiger partial charge in [0.1, 0.15) is 12.2 Å². The van der Waals surface area contributed by atoms with Gasteiger partial charge in [0.2, 0.25) is 0 Å². The van der Waals surface area contributed by atoms with E-state index in [-0.39, 0.29) is 27.1 Å². The summed E-state index contributed by atoms with van der Waals surface area (Å²) in [5.41, 5.74) is -4.88. The molecule has 0 spiro atoms. The third kappa shape index (κ3) is 4.99. The zero-order chi connectivity index (χ0) is 22.1. The molecular formula is C14H18F11NO2. The Labute approximate surface area is 152 Å². The number of hydrogen-bond donors (Lipinski definition) is 0. The van der Waals surface area contributed by atoms with Crippen LogP contribution < -0.4 is 0 Å². The second kappa shape index (κ2) is 8.46. The van der Waals surface area contributed by atoms with Crippen LogP contribution in [0.1, 0.15) is 13.8 Å². The van der Waals surface area contributed by atoms with Crippen molar-refractivity contribution in [2.45, 2.75) is 62.5 Å². The molecule has 3 nitrogen and oxygen atoms in total. The Kier molecular flexibility index (Phi) is 7.60. The molecule has 14 heteroatoms. The molecule has 0 aromatic carbocycles. The predicted octanol–water partition coefficient (Wildman–Crippen LogP) is 4.21. The van der Waals surface area contributed by atoms with Crippen molar-refractivity contribution in [1.82, 2.24) is 4.90 Å². The zero-order valence-corrected chi connectivity index (χ0v) is 14.6. The van der Waals surface area contributed by atoms with Crippen molar-refractivity contribution in [2.24, 2.45) is 0 Å². The second-order valence-corrected chi connectivity index (χ2v) is 6.25. The van der Waals surface area contributed by atoms with Crippen LogP contribution in [0.25, 0.3) is 0 Å². The molecule has 1 aliphatic heterocycles. The standard InChI is InChI=1S/C14H18F11NO2/c1-7(28-8(2)12(18,19)9(15)13(20,21)22)11(17,14(23,24)25)10(16)26-3-5-27-6-4-26/h7-10H,3-6H2,1-2H3. The first-order valence-electron chi connectivity index (χ1n) is 7.92. The molecule has 1 aliphatic rings. The zero-order valence-electron chi connectivity index (χ0n) is 14.6. The average molecular weight is 441 g/mol. The molecule has 168 valence electrons. The molecule has 0 aliphatic carbocycles. The van der Waals surface area contributed by atoms with Crippen molar-refractivity contribution in [2.75, 3.05) is 26.3 Å². The van der Waals surface area contributed by atoms with Crippen molar-refractivity contribution in [3.8, 4) is 0 Å². The summed E-state index contributed by atoms with van der Waals surface area (Å²) in [4.78, 5) is 0.396. The van der Waals surface area contributed by atoms with Gasteiger partial charge in [0.05, 0.1) is 13.2 Å². The normalized spacial score (nSPS) is 24.3. The average Bonchev–Trinajstić information content (AvgIpc) is 2.58. The molecule has 0 aromatic rings. The van der Waals surface area contributed by atoms with E-state index in [1.165, 1.54) is 0 Å². The first kappa shape index (κ1) is 25.1. The smallest absolute Gasteiger partial charge is 0.379 e. The van der Waals surface area contributed by atoms with Crippen LogP contribution in [0.5, 0.6) is 0 Å². The highest BCUT2D eigenvalue weighted by atomic mass is 19.4. The number of alkyl halides is 11. The Bertz CT molecular complexity index is 506. The maximum Gasteiger partial charge on any atom is 0.429 e. The number of ether oxygens (including phenoxy) is 2. The first-order chi connectivity index (χ1) is 12.5. The van der Waals surface area contributed by atoms with Crippen molar-refractivity contribution in [3.63, 3.8) is 0 Å². The summed E-state index contributed by atoms with van der Waals surface area (Å²) in [6.45, 7) is -1.01. The summed E-state index contributed by atoms with van der Waals surface area (Å²) in [7, 11) is 0. The number of morpholine rings is 1. The molecule has 5 atom stereocenters. The van der Waals surface area contributed by atoms with Crippen LogP contribution >= 0.6 is 0 Å². The molecule has 1 saturated heterocycles. The minimum atomic E-state index is -6.04. The van der Waals surface area contributed by atoms with Crippen LogP contribution in [0.2, 0.25) is 0 Å². The SMILES string of the molecule is CC(OC(C)C(F)(C(F)N1CCOCC1)C(F)(F)F)C(F)(F)C(F)C(F)(F)F. The van der Waals surface area contributed by atoms with E-state index in [1.54, 1.807) is 0 Å². The molecule has 0 bridgehead atoms. The van der Waals surface area contributed by atoms with Gasteiger partial charge in [-0.3, -0.25) is 4.90 Å². The van der Waals surface area contributed by atoms with Gasteiger partial charge in [-0.15, -0.1) is 0 Å². The summed E-state index contributed by atoms with van der Waals surface area (Å²) >= 11 is 0. The largest absolute Gasteiger partial charge is 0.429 e. The monoisotopic (exact) mass is 441 g/mol. The fourth-order valence-electron chi connectivity index (χ4n) is 2.55. The van der Waals surface area contributed by atoms with Gasteiger partial charge >= 0.3 is 18.3 Å². The predicted molar refractivity (Wildman–Crippen MR) is 73.1 cm³/mol. The summed E-state index contributed by atoms with van der Waals surface area (Å²) in [6.07, 6.45) is -26.4. The van der Waals surface area contributed by atoms with Gasteiger partial charge in [0.15, 0.2) is 6.30 Å². The molecule has 5 unspecified atom stereocenters. The van der Waals surface area contributed by atoms with Gasteiger partial charge in [-0.05, 0) is 13.8 Å². The highest BCUT2D eigenvalue weighted by Crippen LogP contribution is 2.45. The maximum atomic E-state index is 14.8. The molecule has 28 heavy (non-hydrogen) atoms.